The number of imide groups is 1. The van der Waals surface area contributed by atoms with Gasteiger partial charge in [-0.05, 0) is 61.6 Å². The van der Waals surface area contributed by atoms with Gasteiger partial charge in [0.25, 0.3) is 5.91 Å². The molecule has 2 rings (SSSR count). The molecule has 8 nitrogen and oxygen atoms in total. The minimum absolute atomic E-state index is 0.0544. The normalized spacial score (nSPS) is 12.4. The summed E-state index contributed by atoms with van der Waals surface area (Å²) in [6, 6.07) is 8.03. The first-order valence-electron chi connectivity index (χ1n) is 13.0. The molecule has 0 bridgehead atoms. The van der Waals surface area contributed by atoms with E-state index in [4.69, 9.17) is 9.47 Å². The minimum Gasteiger partial charge on any atom is -0.616 e. The molecule has 0 aromatic heterocycles. The summed E-state index contributed by atoms with van der Waals surface area (Å²) in [5, 5.41) is 2.86. The van der Waals surface area contributed by atoms with Crippen molar-refractivity contribution in [2.24, 2.45) is 0 Å². The molecule has 2 atom stereocenters. The van der Waals surface area contributed by atoms with Crippen LogP contribution in [0.4, 0.5) is 5.69 Å². The number of anilines is 1. The van der Waals surface area contributed by atoms with Gasteiger partial charge in [0.05, 0.1) is 20.0 Å². The summed E-state index contributed by atoms with van der Waals surface area (Å²) in [5.41, 5.74) is 2.92. The maximum Gasteiger partial charge on any atom is 0.261 e. The van der Waals surface area contributed by atoms with E-state index in [-0.39, 0.29) is 11.7 Å². The number of hydrogen-bond donors (Lipinski definition) is 1. The number of unbranched alkanes of at least 4 members (excludes halogenated alkanes) is 2. The van der Waals surface area contributed by atoms with E-state index in [1.165, 1.54) is 13.4 Å². The molecule has 1 N–H and O–H groups in total. The zero-order chi connectivity index (χ0) is 28.2. The molecule has 2 aromatic carbocycles. The third-order valence-electron chi connectivity index (χ3n) is 6.36. The molecule has 0 saturated heterocycles. The summed E-state index contributed by atoms with van der Waals surface area (Å²) in [7, 11) is 1.53. The van der Waals surface area contributed by atoms with Gasteiger partial charge in [0.1, 0.15) is 11.8 Å². The molecule has 2 unspecified atom stereocenters. The molecule has 38 heavy (non-hydrogen) atoms. The average molecular weight is 545 g/mol. The maximum absolute atomic E-state index is 14.1. The molecule has 9 heteroatoms. The van der Waals surface area contributed by atoms with Crippen LogP contribution in [-0.2, 0) is 27.2 Å². The highest BCUT2D eigenvalue weighted by atomic mass is 32.2. The van der Waals surface area contributed by atoms with Crippen LogP contribution in [0.2, 0.25) is 0 Å². The summed E-state index contributed by atoms with van der Waals surface area (Å²) >= 11 is -1.32. The summed E-state index contributed by atoms with van der Waals surface area (Å²) in [6.07, 6.45) is 5.90. The molecular weight excluding hydrogens is 504 g/mol. The Morgan fingerprint density at radius 2 is 1.87 bits per heavy atom. The molecule has 2 aromatic rings. The van der Waals surface area contributed by atoms with Gasteiger partial charge in [-0.3, -0.25) is 19.3 Å². The number of methoxy groups -OCH3 is 1. The Labute approximate surface area is 229 Å². The second-order valence-corrected chi connectivity index (χ2v) is 10.5. The first kappa shape index (κ1) is 31.2. The second kappa shape index (κ2) is 15.4. The van der Waals surface area contributed by atoms with E-state index in [1.807, 2.05) is 19.1 Å². The lowest BCUT2D eigenvalue weighted by Gasteiger charge is -2.29. The van der Waals surface area contributed by atoms with Crippen molar-refractivity contribution in [3.63, 3.8) is 0 Å². The fourth-order valence-electron chi connectivity index (χ4n) is 4.33. The fraction of sp³-hybridized carbons (Fsp3) is 0.483. The highest BCUT2D eigenvalue weighted by Crippen LogP contribution is 2.34. The van der Waals surface area contributed by atoms with Crippen molar-refractivity contribution in [2.75, 3.05) is 31.0 Å². The molecule has 0 aliphatic rings. The van der Waals surface area contributed by atoms with Crippen LogP contribution in [0.15, 0.2) is 30.3 Å². The number of nitrogens with one attached hydrogen (secondary N) is 1. The van der Waals surface area contributed by atoms with E-state index >= 15 is 0 Å². The average Bonchev–Trinajstić information content (AvgIpc) is 2.90. The lowest BCUT2D eigenvalue weighted by Crippen LogP contribution is -2.38. The van der Waals surface area contributed by atoms with E-state index in [9.17, 15) is 18.9 Å². The van der Waals surface area contributed by atoms with Crippen molar-refractivity contribution in [3.8, 4) is 11.5 Å². The second-order valence-electron chi connectivity index (χ2n) is 9.05. The summed E-state index contributed by atoms with van der Waals surface area (Å²) in [6.45, 7) is 7.88. The third kappa shape index (κ3) is 7.98. The molecule has 0 aliphatic heterocycles. The van der Waals surface area contributed by atoms with Gasteiger partial charge in [-0.1, -0.05) is 50.0 Å². The van der Waals surface area contributed by atoms with Gasteiger partial charge in [0.2, 0.25) is 12.3 Å². The van der Waals surface area contributed by atoms with Crippen molar-refractivity contribution in [1.82, 2.24) is 4.90 Å². The van der Waals surface area contributed by atoms with Gasteiger partial charge in [-0.2, -0.15) is 0 Å². The van der Waals surface area contributed by atoms with Gasteiger partial charge < -0.3 is 19.3 Å². The summed E-state index contributed by atoms with van der Waals surface area (Å²) in [5.74, 6) is 0.376. The van der Waals surface area contributed by atoms with Gasteiger partial charge in [-0.15, -0.1) is 0 Å². The van der Waals surface area contributed by atoms with Crippen LogP contribution in [0.3, 0.4) is 0 Å². The maximum atomic E-state index is 14.1. The van der Waals surface area contributed by atoms with E-state index in [2.05, 4.69) is 12.2 Å². The van der Waals surface area contributed by atoms with Crippen LogP contribution in [0.1, 0.15) is 79.5 Å². The number of aryl methyl sites for hydroxylation is 1. The van der Waals surface area contributed by atoms with Crippen LogP contribution in [0.5, 0.6) is 11.5 Å². The summed E-state index contributed by atoms with van der Waals surface area (Å²) < 4.78 is 23.5. The number of rotatable bonds is 15. The third-order valence-corrected chi connectivity index (χ3v) is 7.14. The van der Waals surface area contributed by atoms with Gasteiger partial charge in [0.15, 0.2) is 11.5 Å². The standard InChI is InChI=1S/C29H40N2O6S/c1-7-10-11-12-21-13-15-23(30-27(33)8-2)20(4)28(21)29(34)31(19-32)24(18-38(6)35)22-14-16-25(36-5)26(17-22)37-9-3/h13-17,19,24H,7-12,18H2,1-6H3,(H,30,33). The monoisotopic (exact) mass is 544 g/mol. The Bertz CT molecular complexity index is 1100. The number of carbonyl (C=O) groups is 3. The number of benzene rings is 2. The van der Waals surface area contributed by atoms with Crippen LogP contribution in [0, 0.1) is 6.92 Å². The molecule has 3 amide bonds. The van der Waals surface area contributed by atoms with E-state index in [0.717, 1.165) is 29.7 Å². The number of nitrogens with zero attached hydrogens (tertiary/aromatic N) is 1. The molecule has 0 saturated carbocycles. The largest absolute Gasteiger partial charge is 0.616 e. The first-order valence-corrected chi connectivity index (χ1v) is 14.8. The van der Waals surface area contributed by atoms with E-state index < -0.39 is 23.1 Å². The molecule has 0 heterocycles. The van der Waals surface area contributed by atoms with Gasteiger partial charge in [0, 0.05) is 17.7 Å². The number of carbonyl (C=O) groups excluding carboxylic acids is 3. The Kier molecular flexibility index (Phi) is 12.6. The Balaban J connectivity index is 2.64. The zero-order valence-electron chi connectivity index (χ0n) is 23.3. The molecule has 208 valence electrons. The lowest BCUT2D eigenvalue weighted by atomic mass is 9.94. The lowest BCUT2D eigenvalue weighted by molar-refractivity contribution is -0.117. The van der Waals surface area contributed by atoms with Crippen LogP contribution in [-0.4, -0.2) is 53.4 Å². The molecular formula is C29H40N2O6S. The molecule has 0 radical (unpaired) electrons. The van der Waals surface area contributed by atoms with Crippen molar-refractivity contribution >= 4 is 35.1 Å². The molecule has 0 aliphatic carbocycles. The van der Waals surface area contributed by atoms with Crippen molar-refractivity contribution < 1.29 is 28.4 Å². The predicted octanol–water partition coefficient (Wildman–Crippen LogP) is 5.20. The Morgan fingerprint density at radius 3 is 2.45 bits per heavy atom. The molecule has 0 spiro atoms. The highest BCUT2D eigenvalue weighted by Gasteiger charge is 2.32. The smallest absolute Gasteiger partial charge is 0.261 e. The van der Waals surface area contributed by atoms with E-state index in [0.29, 0.717) is 59.7 Å². The van der Waals surface area contributed by atoms with Crippen molar-refractivity contribution in [2.45, 2.75) is 65.8 Å². The van der Waals surface area contributed by atoms with Crippen molar-refractivity contribution in [3.05, 3.63) is 52.6 Å². The highest BCUT2D eigenvalue weighted by molar-refractivity contribution is 7.90. The Morgan fingerprint density at radius 1 is 1.13 bits per heavy atom. The quantitative estimate of drug-likeness (QED) is 0.188. The van der Waals surface area contributed by atoms with Crippen LogP contribution >= 0.6 is 0 Å². The van der Waals surface area contributed by atoms with Gasteiger partial charge in [-0.25, -0.2) is 0 Å². The predicted molar refractivity (Wildman–Crippen MR) is 151 cm³/mol. The number of amides is 3. The summed E-state index contributed by atoms with van der Waals surface area (Å²) in [4.78, 5) is 39.9. The first-order chi connectivity index (χ1) is 18.2. The van der Waals surface area contributed by atoms with Crippen LogP contribution < -0.4 is 14.8 Å². The Hall–Kier alpha value is -3.04. The minimum atomic E-state index is -1.32. The number of ether oxygens (including phenoxy) is 2. The topological polar surface area (TPSA) is 108 Å². The molecule has 0 fully saturated rings. The fourth-order valence-corrected chi connectivity index (χ4v) is 5.13. The van der Waals surface area contributed by atoms with Crippen molar-refractivity contribution in [1.29, 1.82) is 0 Å². The van der Waals surface area contributed by atoms with E-state index in [1.54, 1.807) is 32.0 Å². The van der Waals surface area contributed by atoms with Crippen LogP contribution in [0.25, 0.3) is 0 Å². The number of hydrogen-bond acceptors (Lipinski definition) is 6. The SMILES string of the molecule is CCCCCc1ccc(NC(=O)CC)c(C)c1C(=O)N(C=O)C(C[S+](C)[O-])c1ccc(OC)c(OCC)c1. The van der Waals surface area contributed by atoms with Gasteiger partial charge >= 0.3 is 0 Å². The zero-order valence-corrected chi connectivity index (χ0v) is 24.1.